The molecule has 5 unspecified atom stereocenters. The van der Waals surface area contributed by atoms with Crippen LogP contribution in [0.2, 0.25) is 0 Å². The Balaban J connectivity index is 1.64. The standard InChI is InChI=1S/C18H17N3O2S/c22-9-3-10-18-4-8(9)21-2-1-7-6-19-14-12(7)16(21)13(18)15(17(14)23)20-11(5-18)24-10/h3,6,8-9,11,15,19-20,22H,1-2,4-5H2. The van der Waals surface area contributed by atoms with Crippen molar-refractivity contribution in [1.82, 2.24) is 15.2 Å². The third-order valence-electron chi connectivity index (χ3n) is 6.98. The maximum Gasteiger partial charge on any atom is 0.200 e. The summed E-state index contributed by atoms with van der Waals surface area (Å²) >= 11 is 1.83. The molecular weight excluding hydrogens is 322 g/mol. The summed E-state index contributed by atoms with van der Waals surface area (Å²) in [5, 5.41) is 14.7. The van der Waals surface area contributed by atoms with Crippen molar-refractivity contribution in [2.75, 3.05) is 6.54 Å². The quantitative estimate of drug-likeness (QED) is 0.663. The highest BCUT2D eigenvalue weighted by Gasteiger charge is 2.63. The number of piperidine rings is 1. The molecule has 0 amide bonds. The summed E-state index contributed by atoms with van der Waals surface area (Å²) in [5.74, 6) is 0.201. The second kappa shape index (κ2) is 3.69. The molecule has 0 saturated carbocycles. The fourth-order valence-electron chi connectivity index (χ4n) is 6.10. The summed E-state index contributed by atoms with van der Waals surface area (Å²) in [4.78, 5) is 20.2. The summed E-state index contributed by atoms with van der Waals surface area (Å²) in [6.07, 6.45) is 6.65. The van der Waals surface area contributed by atoms with Crippen molar-refractivity contribution in [3.8, 4) is 0 Å². The van der Waals surface area contributed by atoms with Gasteiger partial charge in [-0.25, -0.2) is 0 Å². The first-order chi connectivity index (χ1) is 11.7. The van der Waals surface area contributed by atoms with Gasteiger partial charge in [0.15, 0.2) is 0 Å². The van der Waals surface area contributed by atoms with E-state index in [1.807, 2.05) is 18.0 Å². The lowest BCUT2D eigenvalue weighted by Gasteiger charge is -2.57. The van der Waals surface area contributed by atoms with E-state index in [0.29, 0.717) is 0 Å². The lowest BCUT2D eigenvalue weighted by Crippen LogP contribution is -2.62. The van der Waals surface area contributed by atoms with Gasteiger partial charge in [-0.05, 0) is 41.4 Å². The number of aromatic nitrogens is 1. The van der Waals surface area contributed by atoms with Crippen LogP contribution in [0.15, 0.2) is 22.8 Å². The fourth-order valence-corrected chi connectivity index (χ4v) is 7.69. The van der Waals surface area contributed by atoms with Crippen LogP contribution in [0, 0.1) is 5.41 Å². The molecule has 122 valence electrons. The zero-order valence-corrected chi connectivity index (χ0v) is 13.8. The Morgan fingerprint density at radius 1 is 1.38 bits per heavy atom. The van der Waals surface area contributed by atoms with E-state index in [1.165, 1.54) is 21.7 Å². The van der Waals surface area contributed by atoms with Crippen molar-refractivity contribution < 1.29 is 9.90 Å². The maximum atomic E-state index is 13.2. The predicted octanol–water partition coefficient (Wildman–Crippen LogP) is 1.23. The smallest absolute Gasteiger partial charge is 0.200 e. The third-order valence-corrected chi connectivity index (χ3v) is 8.35. The van der Waals surface area contributed by atoms with E-state index in [2.05, 4.69) is 21.3 Å². The Bertz CT molecular complexity index is 915. The fraction of sp³-hybridized carbons (Fsp3) is 0.500. The average molecular weight is 339 g/mol. The Kier molecular flexibility index (Phi) is 1.97. The number of hydrogen-bond acceptors (Lipinski definition) is 5. The summed E-state index contributed by atoms with van der Waals surface area (Å²) in [6.45, 7) is 0.932. The average Bonchev–Trinajstić information content (AvgIpc) is 3.11. The molecule has 6 aliphatic rings. The van der Waals surface area contributed by atoms with Crippen molar-refractivity contribution in [2.45, 2.75) is 42.8 Å². The first-order valence-corrected chi connectivity index (χ1v) is 9.64. The molecule has 24 heavy (non-hydrogen) atoms. The Morgan fingerprint density at radius 2 is 2.29 bits per heavy atom. The first-order valence-electron chi connectivity index (χ1n) is 8.76. The topological polar surface area (TPSA) is 68.4 Å². The molecule has 4 aliphatic heterocycles. The van der Waals surface area contributed by atoms with Gasteiger partial charge in [0.2, 0.25) is 5.78 Å². The molecule has 2 fully saturated rings. The van der Waals surface area contributed by atoms with Gasteiger partial charge in [0, 0.05) is 29.4 Å². The van der Waals surface area contributed by atoms with E-state index in [1.54, 1.807) is 0 Å². The molecule has 1 spiro atoms. The van der Waals surface area contributed by atoms with Crippen LogP contribution in [0.3, 0.4) is 0 Å². The van der Waals surface area contributed by atoms with Gasteiger partial charge in [-0.15, -0.1) is 11.8 Å². The first kappa shape index (κ1) is 12.8. The number of thioether (sulfide) groups is 1. The van der Waals surface area contributed by atoms with Crippen molar-refractivity contribution in [1.29, 1.82) is 0 Å². The van der Waals surface area contributed by atoms with E-state index in [9.17, 15) is 9.90 Å². The highest BCUT2D eigenvalue weighted by atomic mass is 32.2. The van der Waals surface area contributed by atoms with E-state index in [-0.39, 0.29) is 28.7 Å². The second-order valence-corrected chi connectivity index (χ2v) is 9.16. The minimum atomic E-state index is -0.411. The minimum Gasteiger partial charge on any atom is -0.387 e. The van der Waals surface area contributed by atoms with Gasteiger partial charge in [-0.2, -0.15) is 0 Å². The van der Waals surface area contributed by atoms with Gasteiger partial charge < -0.3 is 15.0 Å². The van der Waals surface area contributed by atoms with Crippen LogP contribution in [-0.4, -0.2) is 50.9 Å². The molecule has 0 radical (unpaired) electrons. The maximum absolute atomic E-state index is 13.2. The van der Waals surface area contributed by atoms with Crippen molar-refractivity contribution >= 4 is 23.2 Å². The Hall–Kier alpha value is -1.50. The zero-order valence-electron chi connectivity index (χ0n) is 13.0. The van der Waals surface area contributed by atoms with Crippen molar-refractivity contribution in [2.24, 2.45) is 5.41 Å². The molecule has 3 bridgehead atoms. The van der Waals surface area contributed by atoms with Crippen LogP contribution in [0.25, 0.3) is 5.70 Å². The molecular formula is C18H17N3O2S. The van der Waals surface area contributed by atoms with Gasteiger partial charge in [0.05, 0.1) is 29.3 Å². The number of aromatic amines is 1. The van der Waals surface area contributed by atoms with Crippen LogP contribution >= 0.6 is 11.8 Å². The van der Waals surface area contributed by atoms with E-state index >= 15 is 0 Å². The number of H-pyrrole nitrogens is 1. The number of aliphatic hydroxyl groups is 1. The number of carbonyl (C=O) groups is 1. The van der Waals surface area contributed by atoms with Gasteiger partial charge in [0.25, 0.3) is 0 Å². The molecule has 5 atom stereocenters. The molecule has 0 aromatic carbocycles. The van der Waals surface area contributed by atoms with Crippen molar-refractivity contribution in [3.63, 3.8) is 0 Å². The van der Waals surface area contributed by atoms with E-state index < -0.39 is 6.10 Å². The lowest BCUT2D eigenvalue weighted by molar-refractivity contribution is 0.0527. The minimum absolute atomic E-state index is 0.0137. The number of Topliss-reactive ketones (excluding diaryl/α,β-unsaturated/α-hetero) is 1. The van der Waals surface area contributed by atoms with Gasteiger partial charge >= 0.3 is 0 Å². The molecule has 1 aromatic rings. The predicted molar refractivity (Wildman–Crippen MR) is 90.3 cm³/mol. The van der Waals surface area contributed by atoms with Crippen LogP contribution in [0.1, 0.15) is 34.5 Å². The van der Waals surface area contributed by atoms with Gasteiger partial charge in [0.1, 0.15) is 0 Å². The largest absolute Gasteiger partial charge is 0.387 e. The molecule has 6 heteroatoms. The molecule has 1 aromatic heterocycles. The van der Waals surface area contributed by atoms with Gasteiger partial charge in [-0.1, -0.05) is 0 Å². The summed E-state index contributed by atoms with van der Waals surface area (Å²) in [7, 11) is 0. The molecule has 7 rings (SSSR count). The van der Waals surface area contributed by atoms with Gasteiger partial charge in [-0.3, -0.25) is 10.1 Å². The van der Waals surface area contributed by atoms with Crippen LogP contribution in [0.5, 0.6) is 0 Å². The number of rotatable bonds is 0. The molecule has 3 N–H and O–H groups in total. The highest BCUT2D eigenvalue weighted by Crippen LogP contribution is 2.67. The Morgan fingerprint density at radius 3 is 3.21 bits per heavy atom. The van der Waals surface area contributed by atoms with Crippen molar-refractivity contribution in [3.05, 3.63) is 39.6 Å². The second-order valence-electron chi connectivity index (χ2n) is 7.92. The number of nitrogens with one attached hydrogen (secondary N) is 2. The number of ketones is 1. The summed E-state index contributed by atoms with van der Waals surface area (Å²) in [5.41, 5.74) is 5.71. The number of hydrogen-bond donors (Lipinski definition) is 3. The SMILES string of the molecule is O=C1c2[nH]cc3c2C2=C4C1NC1CC45CC(C(O)C=C5S1)N2CC3. The zero-order chi connectivity index (χ0) is 15.8. The molecule has 2 aliphatic carbocycles. The molecule has 2 saturated heterocycles. The van der Waals surface area contributed by atoms with E-state index in [0.717, 1.165) is 37.1 Å². The third kappa shape index (κ3) is 1.15. The number of allylic oxidation sites excluding steroid dienone is 1. The number of aliphatic hydroxyl groups excluding tert-OH is 1. The Labute approximate surface area is 143 Å². The number of carbonyl (C=O) groups excluding carboxylic acids is 1. The molecule has 5 heterocycles. The van der Waals surface area contributed by atoms with Crippen LogP contribution in [0.4, 0.5) is 0 Å². The molecule has 5 nitrogen and oxygen atoms in total. The monoisotopic (exact) mass is 339 g/mol. The summed E-state index contributed by atoms with van der Waals surface area (Å²) < 4.78 is 0. The highest BCUT2D eigenvalue weighted by molar-refractivity contribution is 8.04. The van der Waals surface area contributed by atoms with Crippen LogP contribution in [-0.2, 0) is 6.42 Å². The van der Waals surface area contributed by atoms with Crippen LogP contribution < -0.4 is 5.32 Å². The van der Waals surface area contributed by atoms with E-state index in [4.69, 9.17) is 0 Å². The number of nitrogens with zero attached hydrogens (tertiary/aromatic N) is 1. The normalized spacial score (nSPS) is 43.3. The number of fused-ring (bicyclic) bond motifs is 3. The lowest BCUT2D eigenvalue weighted by atomic mass is 9.58. The summed E-state index contributed by atoms with van der Waals surface area (Å²) in [6, 6.07) is -0.0531.